The second-order valence-corrected chi connectivity index (χ2v) is 8.38. The number of nitrogens with zero attached hydrogens (tertiary/aromatic N) is 1. The summed E-state index contributed by atoms with van der Waals surface area (Å²) in [6.07, 6.45) is 3.09. The van der Waals surface area contributed by atoms with Crippen LogP contribution in [0.1, 0.15) is 49.3 Å². The van der Waals surface area contributed by atoms with Gasteiger partial charge in [0.15, 0.2) is 0 Å². The number of carbonyl (C=O) groups is 2. The number of halogens is 1. The maximum atomic E-state index is 14.5. The molecule has 0 unspecified atom stereocenters. The van der Waals surface area contributed by atoms with Crippen LogP contribution in [0.2, 0.25) is 0 Å². The molecule has 2 aromatic carbocycles. The average molecular weight is 427 g/mol. The molecule has 31 heavy (non-hydrogen) atoms. The Hall–Kier alpha value is -2.89. The second kappa shape index (κ2) is 9.94. The van der Waals surface area contributed by atoms with Crippen molar-refractivity contribution in [2.45, 2.75) is 57.5 Å². The molecule has 1 N–H and O–H groups in total. The Morgan fingerprint density at radius 2 is 1.90 bits per heavy atom. The van der Waals surface area contributed by atoms with Gasteiger partial charge in [-0.3, -0.25) is 9.59 Å². The predicted octanol–water partition coefficient (Wildman–Crippen LogP) is 4.03. The third kappa shape index (κ3) is 5.84. The zero-order valence-corrected chi connectivity index (χ0v) is 18.5. The van der Waals surface area contributed by atoms with Crippen LogP contribution in [0.15, 0.2) is 42.5 Å². The largest absolute Gasteiger partial charge is 0.497 e. The van der Waals surface area contributed by atoms with E-state index in [2.05, 4.69) is 24.4 Å². The summed E-state index contributed by atoms with van der Waals surface area (Å²) in [6.45, 7) is 2.65. The molecule has 166 valence electrons. The molecule has 3 rings (SSSR count). The molecule has 1 fully saturated rings. The molecule has 0 bridgehead atoms. The summed E-state index contributed by atoms with van der Waals surface area (Å²) in [5, 5.41) is 3.02. The minimum atomic E-state index is -0.605. The van der Waals surface area contributed by atoms with Gasteiger partial charge >= 0.3 is 0 Å². The van der Waals surface area contributed by atoms with E-state index in [1.165, 1.54) is 18.7 Å². The molecule has 0 saturated carbocycles. The number of amides is 2. The van der Waals surface area contributed by atoms with Crippen molar-refractivity contribution in [3.05, 3.63) is 65.0 Å². The Morgan fingerprint density at radius 3 is 2.48 bits per heavy atom. The van der Waals surface area contributed by atoms with Crippen LogP contribution in [0, 0.1) is 5.82 Å². The van der Waals surface area contributed by atoms with Crippen LogP contribution < -0.4 is 10.1 Å². The van der Waals surface area contributed by atoms with Crippen molar-refractivity contribution in [1.29, 1.82) is 0 Å². The molecular formula is C25H31FN2O3. The predicted molar refractivity (Wildman–Crippen MR) is 118 cm³/mol. The van der Waals surface area contributed by atoms with Crippen molar-refractivity contribution >= 4 is 11.8 Å². The summed E-state index contributed by atoms with van der Waals surface area (Å²) in [6, 6.07) is 13.0. The molecule has 6 heteroatoms. The number of ether oxygens (including phenoxy) is 1. The zero-order valence-electron chi connectivity index (χ0n) is 18.5. The Kier molecular flexibility index (Phi) is 7.31. The zero-order chi connectivity index (χ0) is 22.4. The van der Waals surface area contributed by atoms with Crippen LogP contribution in [-0.4, -0.2) is 36.4 Å². The summed E-state index contributed by atoms with van der Waals surface area (Å²) >= 11 is 0. The Balaban J connectivity index is 1.64. The molecule has 0 radical (unpaired) electrons. The second-order valence-electron chi connectivity index (χ2n) is 8.38. The number of hydrogen-bond acceptors (Lipinski definition) is 3. The van der Waals surface area contributed by atoms with Crippen LogP contribution in [0.3, 0.4) is 0 Å². The molecule has 5 nitrogen and oxygen atoms in total. The van der Waals surface area contributed by atoms with Crippen molar-refractivity contribution in [2.75, 3.05) is 14.2 Å². The topological polar surface area (TPSA) is 58.6 Å². The van der Waals surface area contributed by atoms with E-state index in [0.717, 1.165) is 12.0 Å². The van der Waals surface area contributed by atoms with E-state index in [-0.39, 0.29) is 17.6 Å². The van der Waals surface area contributed by atoms with Crippen molar-refractivity contribution in [3.8, 4) is 5.75 Å². The highest BCUT2D eigenvalue weighted by atomic mass is 19.1. The maximum Gasteiger partial charge on any atom is 0.222 e. The SMILES string of the molecule is CCc1ccc(CN(C)C(=O)CC[C@]2(Cc3ccc(OC)cc3F)CCC(=O)N2)cc1. The van der Waals surface area contributed by atoms with Gasteiger partial charge in [-0.25, -0.2) is 4.39 Å². The first-order valence-electron chi connectivity index (χ1n) is 10.8. The van der Waals surface area contributed by atoms with Gasteiger partial charge in [-0.1, -0.05) is 37.3 Å². The van der Waals surface area contributed by atoms with Crippen LogP contribution >= 0.6 is 0 Å². The van der Waals surface area contributed by atoms with E-state index in [1.54, 1.807) is 24.1 Å². The molecule has 1 atom stereocenters. The van der Waals surface area contributed by atoms with E-state index in [4.69, 9.17) is 4.74 Å². The van der Waals surface area contributed by atoms with Gasteiger partial charge in [0.25, 0.3) is 0 Å². The number of aryl methyl sites for hydroxylation is 1. The summed E-state index contributed by atoms with van der Waals surface area (Å²) in [7, 11) is 3.28. The minimum Gasteiger partial charge on any atom is -0.497 e. The fraction of sp³-hybridized carbons (Fsp3) is 0.440. The highest BCUT2D eigenvalue weighted by molar-refractivity contribution is 5.80. The Bertz CT molecular complexity index is 929. The normalized spacial score (nSPS) is 18.0. The van der Waals surface area contributed by atoms with Crippen molar-refractivity contribution in [3.63, 3.8) is 0 Å². The first kappa shape index (κ1) is 22.8. The third-order valence-corrected chi connectivity index (χ3v) is 6.12. The quantitative estimate of drug-likeness (QED) is 0.659. The fourth-order valence-electron chi connectivity index (χ4n) is 4.12. The van der Waals surface area contributed by atoms with Crippen LogP contribution in [0.25, 0.3) is 0 Å². The lowest BCUT2D eigenvalue weighted by atomic mass is 9.84. The first-order chi connectivity index (χ1) is 14.8. The molecular weight excluding hydrogens is 395 g/mol. The molecule has 1 aliphatic rings. The van der Waals surface area contributed by atoms with E-state index >= 15 is 0 Å². The average Bonchev–Trinajstić information content (AvgIpc) is 3.14. The monoisotopic (exact) mass is 426 g/mol. The van der Waals surface area contributed by atoms with E-state index in [0.29, 0.717) is 50.0 Å². The summed E-state index contributed by atoms with van der Waals surface area (Å²) in [5.74, 6) is 0.0504. The number of nitrogens with one attached hydrogen (secondary N) is 1. The van der Waals surface area contributed by atoms with Gasteiger partial charge in [0.05, 0.1) is 7.11 Å². The molecule has 1 aliphatic heterocycles. The van der Waals surface area contributed by atoms with E-state index in [1.807, 2.05) is 12.1 Å². The van der Waals surface area contributed by atoms with E-state index < -0.39 is 5.54 Å². The van der Waals surface area contributed by atoms with Crippen LogP contribution in [-0.2, 0) is 29.0 Å². The van der Waals surface area contributed by atoms with Crippen molar-refractivity contribution < 1.29 is 18.7 Å². The number of carbonyl (C=O) groups excluding carboxylic acids is 2. The van der Waals surface area contributed by atoms with Crippen LogP contribution in [0.5, 0.6) is 5.75 Å². The van der Waals surface area contributed by atoms with Gasteiger partial charge < -0.3 is 15.0 Å². The lowest BCUT2D eigenvalue weighted by Crippen LogP contribution is -2.44. The fourth-order valence-corrected chi connectivity index (χ4v) is 4.12. The van der Waals surface area contributed by atoms with Crippen molar-refractivity contribution in [2.24, 2.45) is 0 Å². The van der Waals surface area contributed by atoms with Gasteiger partial charge in [-0.05, 0) is 48.4 Å². The number of methoxy groups -OCH3 is 1. The van der Waals surface area contributed by atoms with Gasteiger partial charge in [-0.2, -0.15) is 0 Å². The smallest absolute Gasteiger partial charge is 0.222 e. The lowest BCUT2D eigenvalue weighted by Gasteiger charge is -2.30. The summed E-state index contributed by atoms with van der Waals surface area (Å²) in [5.41, 5.74) is 2.26. The van der Waals surface area contributed by atoms with Crippen molar-refractivity contribution in [1.82, 2.24) is 10.2 Å². The Morgan fingerprint density at radius 1 is 1.19 bits per heavy atom. The highest BCUT2D eigenvalue weighted by Crippen LogP contribution is 2.31. The molecule has 2 amide bonds. The summed E-state index contributed by atoms with van der Waals surface area (Å²) in [4.78, 5) is 26.5. The minimum absolute atomic E-state index is 0.00953. The standard InChI is InChI=1S/C25H31FN2O3/c1-4-18-5-7-19(8-6-18)17-28(2)24(30)12-14-25(13-11-23(29)27-25)16-20-9-10-21(31-3)15-22(20)26/h5-10,15H,4,11-14,16-17H2,1-3H3,(H,27,29)/t25-/m0/s1. The van der Waals surface area contributed by atoms with Gasteiger partial charge in [0.1, 0.15) is 11.6 Å². The molecule has 0 spiro atoms. The highest BCUT2D eigenvalue weighted by Gasteiger charge is 2.38. The van der Waals surface area contributed by atoms with Gasteiger partial charge in [0, 0.05) is 38.0 Å². The molecule has 2 aromatic rings. The number of benzene rings is 2. The third-order valence-electron chi connectivity index (χ3n) is 6.12. The summed E-state index contributed by atoms with van der Waals surface area (Å²) < 4.78 is 19.6. The lowest BCUT2D eigenvalue weighted by molar-refractivity contribution is -0.131. The van der Waals surface area contributed by atoms with E-state index in [9.17, 15) is 14.0 Å². The van der Waals surface area contributed by atoms with Crippen LogP contribution in [0.4, 0.5) is 4.39 Å². The Labute approximate surface area is 183 Å². The molecule has 1 saturated heterocycles. The number of hydrogen-bond donors (Lipinski definition) is 1. The molecule has 0 aliphatic carbocycles. The first-order valence-corrected chi connectivity index (χ1v) is 10.8. The maximum absolute atomic E-state index is 14.5. The van der Waals surface area contributed by atoms with Gasteiger partial charge in [-0.15, -0.1) is 0 Å². The molecule has 1 heterocycles. The number of rotatable bonds is 9. The van der Waals surface area contributed by atoms with Gasteiger partial charge in [0.2, 0.25) is 11.8 Å². The molecule has 0 aromatic heterocycles.